The molecule has 0 nitrogen and oxygen atoms in total. The molecule has 0 aliphatic rings. The van der Waals surface area contributed by atoms with Crippen LogP contribution < -0.4 is 0 Å². The summed E-state index contributed by atoms with van der Waals surface area (Å²) in [5, 5.41) is 0. The van der Waals surface area contributed by atoms with Crippen molar-refractivity contribution in [3.63, 3.8) is 0 Å². The molecule has 0 radical (unpaired) electrons. The van der Waals surface area contributed by atoms with Crippen LogP contribution in [0.3, 0.4) is 0 Å². The maximum absolute atomic E-state index is 4.09. The second-order valence-electron chi connectivity index (χ2n) is 5.51. The van der Waals surface area contributed by atoms with E-state index in [-0.39, 0.29) is 27.4 Å². The third kappa shape index (κ3) is 5.45. The van der Waals surface area contributed by atoms with Gasteiger partial charge in [-0.3, -0.25) is 0 Å². The predicted molar refractivity (Wildman–Crippen MR) is 135 cm³/mol. The molecular formula is C18H15Br7. The Morgan fingerprint density at radius 3 is 1.32 bits per heavy atom. The minimum atomic E-state index is -0.378. The molecule has 0 amide bonds. The Kier molecular flexibility index (Phi) is 9.73. The van der Waals surface area contributed by atoms with Gasteiger partial charge in [-0.15, -0.1) is 0 Å². The third-order valence-electron chi connectivity index (χ3n) is 3.90. The Balaban J connectivity index is 2.46. The zero-order valence-electron chi connectivity index (χ0n) is 12.8. The van der Waals surface area contributed by atoms with Crippen LogP contribution in [-0.4, -0.2) is 23.0 Å². The summed E-state index contributed by atoms with van der Waals surface area (Å²) in [6, 6.07) is 21.0. The largest absolute Gasteiger partial charge is 0.0890 e. The van der Waals surface area contributed by atoms with Crippen molar-refractivity contribution in [1.29, 1.82) is 0 Å². The van der Waals surface area contributed by atoms with Crippen molar-refractivity contribution in [2.75, 3.05) is 0 Å². The summed E-state index contributed by atoms with van der Waals surface area (Å²) in [5.41, 5.74) is 2.40. The van der Waals surface area contributed by atoms with Crippen LogP contribution in [-0.2, 0) is 4.32 Å². The smallest absolute Gasteiger partial charge is 0.0865 e. The molecule has 0 saturated heterocycles. The molecule has 0 aromatic heterocycles. The zero-order valence-corrected chi connectivity index (χ0v) is 23.9. The molecule has 7 heteroatoms. The van der Waals surface area contributed by atoms with Gasteiger partial charge < -0.3 is 0 Å². The first-order valence-corrected chi connectivity index (χ1v) is 13.7. The number of halogens is 7. The second-order valence-corrected chi connectivity index (χ2v) is 14.1. The lowest BCUT2D eigenvalue weighted by Crippen LogP contribution is -2.43. The van der Waals surface area contributed by atoms with Gasteiger partial charge in [0.25, 0.3) is 0 Å². The van der Waals surface area contributed by atoms with Crippen molar-refractivity contribution in [3.8, 4) is 0 Å². The highest BCUT2D eigenvalue weighted by atomic mass is 79.9. The van der Waals surface area contributed by atoms with E-state index in [0.717, 1.165) is 0 Å². The summed E-state index contributed by atoms with van der Waals surface area (Å²) in [5.74, 6) is 0. The first kappa shape index (κ1) is 23.1. The van der Waals surface area contributed by atoms with Gasteiger partial charge in [0.05, 0.1) is 17.7 Å². The monoisotopic (exact) mass is 784 g/mol. The number of hydrogen-bond acceptors (Lipinski definition) is 0. The fourth-order valence-corrected chi connectivity index (χ4v) is 8.53. The van der Waals surface area contributed by atoms with Gasteiger partial charge >= 0.3 is 0 Å². The van der Waals surface area contributed by atoms with Crippen LogP contribution in [0.25, 0.3) is 0 Å². The van der Waals surface area contributed by atoms with Gasteiger partial charge in [0.2, 0.25) is 0 Å². The Morgan fingerprint density at radius 1 is 0.560 bits per heavy atom. The summed E-state index contributed by atoms with van der Waals surface area (Å²) in [4.78, 5) is 0.576. The minimum absolute atomic E-state index is 0.0768. The lowest BCUT2D eigenvalue weighted by Gasteiger charge is -2.39. The van der Waals surface area contributed by atoms with Crippen molar-refractivity contribution in [3.05, 3.63) is 71.8 Å². The summed E-state index contributed by atoms with van der Waals surface area (Å²) in [6.07, 6.45) is 0. The highest BCUT2D eigenvalue weighted by Gasteiger charge is 2.45. The van der Waals surface area contributed by atoms with Crippen LogP contribution in [0.1, 0.15) is 11.1 Å². The molecule has 0 aliphatic heterocycles. The second kappa shape index (κ2) is 10.5. The van der Waals surface area contributed by atoms with Crippen molar-refractivity contribution in [1.82, 2.24) is 0 Å². The molecule has 0 fully saturated rings. The van der Waals surface area contributed by atoms with Crippen molar-refractivity contribution >= 4 is 112 Å². The predicted octanol–water partition coefficient (Wildman–Crippen LogP) is 8.50. The summed E-state index contributed by atoms with van der Waals surface area (Å²) in [6.45, 7) is 0. The summed E-state index contributed by atoms with van der Waals surface area (Å²) < 4.78 is -0.224. The average molecular weight is 791 g/mol. The topological polar surface area (TPSA) is 0 Å². The normalized spacial score (nSPS) is 17.1. The Bertz CT molecular complexity index is 607. The lowest BCUT2D eigenvalue weighted by molar-refractivity contribution is 0.659. The molecule has 0 aliphatic carbocycles. The van der Waals surface area contributed by atoms with Gasteiger partial charge in [-0.2, -0.15) is 0 Å². The molecule has 0 saturated carbocycles. The number of benzene rings is 2. The van der Waals surface area contributed by atoms with Gasteiger partial charge in [0, 0.05) is 9.65 Å². The molecule has 2 aromatic rings. The average Bonchev–Trinajstić information content (AvgIpc) is 2.66. The van der Waals surface area contributed by atoms with E-state index in [1.54, 1.807) is 0 Å². The van der Waals surface area contributed by atoms with Crippen LogP contribution >= 0.6 is 112 Å². The minimum Gasteiger partial charge on any atom is -0.0865 e. The van der Waals surface area contributed by atoms with Crippen LogP contribution in [0.15, 0.2) is 60.7 Å². The molecular weight excluding hydrogens is 776 g/mol. The van der Waals surface area contributed by atoms with E-state index in [9.17, 15) is 0 Å². The molecule has 4 atom stereocenters. The van der Waals surface area contributed by atoms with E-state index in [1.165, 1.54) is 11.1 Å². The maximum Gasteiger partial charge on any atom is 0.0890 e. The molecule has 136 valence electrons. The first-order valence-electron chi connectivity index (χ1n) is 7.44. The number of alkyl halides is 7. The van der Waals surface area contributed by atoms with E-state index < -0.39 is 0 Å². The first-order chi connectivity index (χ1) is 11.8. The van der Waals surface area contributed by atoms with E-state index in [0.29, 0.717) is 0 Å². The van der Waals surface area contributed by atoms with Crippen molar-refractivity contribution in [2.24, 2.45) is 0 Å². The molecule has 2 aromatic carbocycles. The van der Waals surface area contributed by atoms with E-state index in [2.05, 4.69) is 160 Å². The maximum atomic E-state index is 4.09. The third-order valence-corrected chi connectivity index (χ3v) is 15.2. The van der Waals surface area contributed by atoms with Gasteiger partial charge in [0.15, 0.2) is 0 Å². The van der Waals surface area contributed by atoms with Crippen molar-refractivity contribution < 1.29 is 0 Å². The van der Waals surface area contributed by atoms with Crippen LogP contribution in [0.2, 0.25) is 0 Å². The van der Waals surface area contributed by atoms with Gasteiger partial charge in [-0.25, -0.2) is 0 Å². The molecule has 0 N–H and O–H groups in total. The molecule has 0 spiro atoms. The molecule has 0 heterocycles. The number of rotatable bonds is 7. The van der Waals surface area contributed by atoms with Gasteiger partial charge in [0.1, 0.15) is 0 Å². The van der Waals surface area contributed by atoms with Crippen LogP contribution in [0.5, 0.6) is 0 Å². The SMILES string of the molecule is BrC(Br)C(Br)C(Br)C(Br)C(Br)C(Br)(c1ccccc1)c1ccccc1. The standard InChI is InChI=1S/C18H15Br7/c19-13(15(21)17(23)24)14(20)16(22)18(25,11-7-3-1-4-8-11)12-9-5-2-6-10-12/h1-10,13-17H. The molecule has 4 unspecified atom stereocenters. The zero-order chi connectivity index (χ0) is 18.6. The molecule has 2 rings (SSSR count). The highest BCUT2D eigenvalue weighted by molar-refractivity contribution is 9.25. The number of hydrogen-bond donors (Lipinski definition) is 0. The van der Waals surface area contributed by atoms with Crippen LogP contribution in [0, 0.1) is 0 Å². The lowest BCUT2D eigenvalue weighted by atomic mass is 9.86. The fourth-order valence-electron chi connectivity index (χ4n) is 2.54. The van der Waals surface area contributed by atoms with Gasteiger partial charge in [-0.05, 0) is 11.1 Å². The van der Waals surface area contributed by atoms with Gasteiger partial charge in [-0.1, -0.05) is 172 Å². The summed E-state index contributed by atoms with van der Waals surface area (Å²) in [7, 11) is 0. The molecule has 0 bridgehead atoms. The Morgan fingerprint density at radius 2 is 0.960 bits per heavy atom. The van der Waals surface area contributed by atoms with E-state index in [1.807, 2.05) is 12.1 Å². The Hall–Kier alpha value is 1.80. The van der Waals surface area contributed by atoms with E-state index in [4.69, 9.17) is 0 Å². The van der Waals surface area contributed by atoms with Crippen LogP contribution in [0.4, 0.5) is 0 Å². The highest BCUT2D eigenvalue weighted by Crippen LogP contribution is 2.49. The quantitative estimate of drug-likeness (QED) is 0.247. The fraction of sp³-hybridized carbons (Fsp3) is 0.333. The Labute approximate surface area is 208 Å². The van der Waals surface area contributed by atoms with Crippen molar-refractivity contribution in [2.45, 2.75) is 27.4 Å². The summed E-state index contributed by atoms with van der Waals surface area (Å²) >= 11 is 26.8. The van der Waals surface area contributed by atoms with E-state index >= 15 is 0 Å². The molecule has 25 heavy (non-hydrogen) atoms.